The summed E-state index contributed by atoms with van der Waals surface area (Å²) < 4.78 is 0. The summed E-state index contributed by atoms with van der Waals surface area (Å²) in [5, 5.41) is 22.3. The van der Waals surface area contributed by atoms with E-state index in [4.69, 9.17) is 16.7 Å². The van der Waals surface area contributed by atoms with Gasteiger partial charge in [-0.25, -0.2) is 19.9 Å². The van der Waals surface area contributed by atoms with Gasteiger partial charge in [-0.3, -0.25) is 4.98 Å². The average Bonchev–Trinajstić information content (AvgIpc) is 2.74. The predicted octanol–water partition coefficient (Wildman–Crippen LogP) is 3.21. The molecule has 4 heterocycles. The fourth-order valence-corrected chi connectivity index (χ4v) is 3.06. The molecule has 0 aliphatic rings. The van der Waals surface area contributed by atoms with Gasteiger partial charge in [0.2, 0.25) is 0 Å². The summed E-state index contributed by atoms with van der Waals surface area (Å²) in [5.41, 5.74) is 3.88. The molecule has 0 bridgehead atoms. The van der Waals surface area contributed by atoms with Crippen LogP contribution < -0.4 is 5.32 Å². The number of halogens is 1. The highest BCUT2D eigenvalue weighted by Crippen LogP contribution is 2.30. The van der Waals surface area contributed by atoms with Crippen molar-refractivity contribution in [2.75, 3.05) is 11.9 Å². The lowest BCUT2D eigenvalue weighted by Gasteiger charge is -2.11. The topological polar surface area (TPSA) is 117 Å². The molecule has 0 spiro atoms. The number of aryl methyl sites for hydroxylation is 1. The number of aliphatic hydroxyl groups is 2. The molecule has 0 aliphatic heterocycles. The second-order valence-corrected chi connectivity index (χ2v) is 6.86. The first-order valence-electron chi connectivity index (χ1n) is 8.80. The van der Waals surface area contributed by atoms with Crippen LogP contribution in [0.25, 0.3) is 22.3 Å². The molecular formula is C20H17ClN6O2. The van der Waals surface area contributed by atoms with Crippen molar-refractivity contribution in [3.05, 3.63) is 65.3 Å². The van der Waals surface area contributed by atoms with E-state index in [1.165, 1.54) is 12.5 Å². The van der Waals surface area contributed by atoms with Crippen LogP contribution in [-0.2, 0) is 0 Å². The molecule has 4 rings (SSSR count). The molecule has 0 saturated heterocycles. The molecule has 4 aromatic heterocycles. The second-order valence-electron chi connectivity index (χ2n) is 6.46. The molecule has 146 valence electrons. The first kappa shape index (κ1) is 19.1. The molecule has 4 aromatic rings. The number of nitrogens with one attached hydrogen (secondary N) is 1. The van der Waals surface area contributed by atoms with Gasteiger partial charge in [0.25, 0.3) is 0 Å². The van der Waals surface area contributed by atoms with Crippen molar-refractivity contribution in [2.24, 2.45) is 0 Å². The summed E-state index contributed by atoms with van der Waals surface area (Å²) in [6.07, 6.45) is 5.29. The number of aromatic nitrogens is 5. The van der Waals surface area contributed by atoms with Crippen LogP contribution in [0.1, 0.15) is 17.2 Å². The number of fused-ring (bicyclic) bond motifs is 1. The third-order valence-corrected chi connectivity index (χ3v) is 4.61. The SMILES string of the molecule is Cc1ccc(Nc2ncnc3cc(-c4ncc([C@H](O)CO)cc4Cl)cnc23)nc1. The minimum absolute atomic E-state index is 0.340. The minimum Gasteiger partial charge on any atom is -0.393 e. The molecule has 0 radical (unpaired) electrons. The van der Waals surface area contributed by atoms with Gasteiger partial charge in [-0.05, 0) is 30.7 Å². The van der Waals surface area contributed by atoms with Crippen molar-refractivity contribution >= 4 is 34.3 Å². The predicted molar refractivity (Wildman–Crippen MR) is 110 cm³/mol. The Hall–Kier alpha value is -3.20. The second kappa shape index (κ2) is 8.04. The molecule has 9 heteroatoms. The summed E-state index contributed by atoms with van der Waals surface area (Å²) >= 11 is 6.33. The number of rotatable bonds is 5. The van der Waals surface area contributed by atoms with Crippen molar-refractivity contribution < 1.29 is 10.2 Å². The van der Waals surface area contributed by atoms with Gasteiger partial charge < -0.3 is 15.5 Å². The van der Waals surface area contributed by atoms with E-state index in [-0.39, 0.29) is 0 Å². The Labute approximate surface area is 171 Å². The van der Waals surface area contributed by atoms with Crippen LogP contribution >= 0.6 is 11.6 Å². The van der Waals surface area contributed by atoms with Gasteiger partial charge in [0.1, 0.15) is 23.8 Å². The van der Waals surface area contributed by atoms with E-state index >= 15 is 0 Å². The van der Waals surface area contributed by atoms with E-state index in [0.717, 1.165) is 5.56 Å². The van der Waals surface area contributed by atoms with Crippen LogP contribution in [0.3, 0.4) is 0 Å². The Morgan fingerprint density at radius 2 is 1.90 bits per heavy atom. The van der Waals surface area contributed by atoms with Gasteiger partial charge in [0.15, 0.2) is 5.82 Å². The van der Waals surface area contributed by atoms with Crippen LogP contribution in [0.2, 0.25) is 5.02 Å². The summed E-state index contributed by atoms with van der Waals surface area (Å²) in [4.78, 5) is 21.7. The number of hydrogen-bond donors (Lipinski definition) is 3. The Balaban J connectivity index is 1.69. The first-order valence-corrected chi connectivity index (χ1v) is 9.18. The number of pyridine rings is 3. The first-order chi connectivity index (χ1) is 14.0. The monoisotopic (exact) mass is 408 g/mol. The van der Waals surface area contributed by atoms with Gasteiger partial charge in [-0.2, -0.15) is 0 Å². The van der Waals surface area contributed by atoms with E-state index in [9.17, 15) is 5.11 Å². The molecule has 0 amide bonds. The van der Waals surface area contributed by atoms with Gasteiger partial charge >= 0.3 is 0 Å². The number of anilines is 2. The van der Waals surface area contributed by atoms with E-state index in [1.807, 2.05) is 25.1 Å². The molecule has 8 nitrogen and oxygen atoms in total. The standard InChI is InChI=1S/C20H17ClN6O2/c1-11-2-3-17(22-6-11)27-20-19-15(25-10-26-20)5-13(8-24-19)18-14(21)4-12(7-23-18)16(29)9-28/h2-8,10,16,28-29H,9H2,1H3,(H,22,25,26,27)/t16-/m1/s1. The molecule has 29 heavy (non-hydrogen) atoms. The maximum atomic E-state index is 9.73. The van der Waals surface area contributed by atoms with E-state index in [2.05, 4.69) is 30.2 Å². The normalized spacial score (nSPS) is 12.1. The number of nitrogens with zero attached hydrogens (tertiary/aromatic N) is 5. The minimum atomic E-state index is -1.03. The fraction of sp³-hybridized carbons (Fsp3) is 0.150. The van der Waals surface area contributed by atoms with Crippen molar-refractivity contribution in [3.63, 3.8) is 0 Å². The van der Waals surface area contributed by atoms with Gasteiger partial charge in [0, 0.05) is 29.7 Å². The lowest BCUT2D eigenvalue weighted by Crippen LogP contribution is -2.03. The van der Waals surface area contributed by atoms with Crippen molar-refractivity contribution in [2.45, 2.75) is 13.0 Å². The maximum Gasteiger partial charge on any atom is 0.161 e. The van der Waals surface area contributed by atoms with Crippen LogP contribution in [-0.4, -0.2) is 41.7 Å². The number of aliphatic hydroxyl groups excluding tert-OH is 2. The molecule has 0 saturated carbocycles. The largest absolute Gasteiger partial charge is 0.393 e. The van der Waals surface area contributed by atoms with Crippen molar-refractivity contribution in [1.82, 2.24) is 24.9 Å². The maximum absolute atomic E-state index is 9.73. The summed E-state index contributed by atoms with van der Waals surface area (Å²) in [6.45, 7) is 1.56. The molecule has 3 N–H and O–H groups in total. The molecule has 0 aliphatic carbocycles. The van der Waals surface area contributed by atoms with Crippen LogP contribution in [0.4, 0.5) is 11.6 Å². The highest BCUT2D eigenvalue weighted by Gasteiger charge is 2.14. The van der Waals surface area contributed by atoms with Gasteiger partial charge in [-0.15, -0.1) is 0 Å². The van der Waals surface area contributed by atoms with Crippen LogP contribution in [0.5, 0.6) is 0 Å². The lowest BCUT2D eigenvalue weighted by molar-refractivity contribution is 0.0954. The smallest absolute Gasteiger partial charge is 0.161 e. The molecule has 0 fully saturated rings. The Bertz CT molecular complexity index is 1170. The molecular weight excluding hydrogens is 392 g/mol. The zero-order chi connectivity index (χ0) is 20.4. The zero-order valence-corrected chi connectivity index (χ0v) is 16.2. The van der Waals surface area contributed by atoms with E-state index in [0.29, 0.717) is 44.5 Å². The van der Waals surface area contributed by atoms with Gasteiger partial charge in [-0.1, -0.05) is 17.7 Å². The van der Waals surface area contributed by atoms with Crippen molar-refractivity contribution in [1.29, 1.82) is 0 Å². The Morgan fingerprint density at radius 1 is 1.03 bits per heavy atom. The third-order valence-electron chi connectivity index (χ3n) is 4.33. The Morgan fingerprint density at radius 3 is 2.62 bits per heavy atom. The summed E-state index contributed by atoms with van der Waals surface area (Å²) in [7, 11) is 0. The molecule has 1 atom stereocenters. The molecule has 0 aromatic carbocycles. The average molecular weight is 409 g/mol. The quantitative estimate of drug-likeness (QED) is 0.460. The summed E-state index contributed by atoms with van der Waals surface area (Å²) in [5.74, 6) is 1.20. The highest BCUT2D eigenvalue weighted by atomic mass is 35.5. The summed E-state index contributed by atoms with van der Waals surface area (Å²) in [6, 6.07) is 7.21. The van der Waals surface area contributed by atoms with Crippen molar-refractivity contribution in [3.8, 4) is 11.3 Å². The van der Waals surface area contributed by atoms with Crippen LogP contribution in [0, 0.1) is 6.92 Å². The van der Waals surface area contributed by atoms with Gasteiger partial charge in [0.05, 0.1) is 22.8 Å². The van der Waals surface area contributed by atoms with Crippen LogP contribution in [0.15, 0.2) is 49.2 Å². The zero-order valence-electron chi connectivity index (χ0n) is 15.4. The fourth-order valence-electron chi connectivity index (χ4n) is 2.78. The lowest BCUT2D eigenvalue weighted by atomic mass is 10.1. The van der Waals surface area contributed by atoms with E-state index < -0.39 is 12.7 Å². The Kier molecular flexibility index (Phi) is 5.30. The van der Waals surface area contributed by atoms with E-state index in [1.54, 1.807) is 18.5 Å². The highest BCUT2D eigenvalue weighted by molar-refractivity contribution is 6.33. The third kappa shape index (κ3) is 4.00. The number of hydrogen-bond acceptors (Lipinski definition) is 8. The molecule has 0 unspecified atom stereocenters.